The molecule has 164 valence electrons. The quantitative estimate of drug-likeness (QED) is 0.291. The molecule has 1 aromatic rings. The van der Waals surface area contributed by atoms with Crippen LogP contribution < -0.4 is 0 Å². The van der Waals surface area contributed by atoms with Crippen LogP contribution in [0, 0.1) is 0 Å². The number of ether oxygens (including phenoxy) is 4. The fraction of sp³-hybridized carbons (Fsp3) is 0.400. The minimum absolute atomic E-state index is 0.125. The van der Waals surface area contributed by atoms with E-state index in [2.05, 4.69) is 9.47 Å². The van der Waals surface area contributed by atoms with Crippen LogP contribution in [-0.4, -0.2) is 73.2 Å². The van der Waals surface area contributed by atoms with Gasteiger partial charge in [-0.1, -0.05) is 6.92 Å². The van der Waals surface area contributed by atoms with Gasteiger partial charge in [0.1, 0.15) is 25.9 Å². The Labute approximate surface area is 173 Å². The van der Waals surface area contributed by atoms with Gasteiger partial charge in [0.25, 0.3) is 0 Å². The third-order valence-corrected chi connectivity index (χ3v) is 3.62. The van der Waals surface area contributed by atoms with E-state index in [1.807, 2.05) is 0 Å². The Bertz CT molecular complexity index is 753. The monoisotopic (exact) mass is 424 g/mol. The molecule has 0 fully saturated rings. The number of benzene rings is 1. The molecule has 1 rings (SSSR count). The van der Waals surface area contributed by atoms with Crippen molar-refractivity contribution < 1.29 is 48.3 Å². The molecule has 0 aliphatic carbocycles. The first-order chi connectivity index (χ1) is 14.3. The number of esters is 4. The average molecular weight is 424 g/mol. The Kier molecular flexibility index (Phi) is 10.8. The van der Waals surface area contributed by atoms with Crippen molar-refractivity contribution in [3.05, 3.63) is 47.5 Å². The summed E-state index contributed by atoms with van der Waals surface area (Å²) in [6, 6.07) is 5.42. The molecule has 0 saturated carbocycles. The summed E-state index contributed by atoms with van der Waals surface area (Å²) in [5.41, 5.74) is 0.326. The van der Waals surface area contributed by atoms with E-state index in [1.54, 1.807) is 6.92 Å². The van der Waals surface area contributed by atoms with Gasteiger partial charge in [0, 0.05) is 12.2 Å². The number of hydrogen-bond donors (Lipinski definition) is 2. The van der Waals surface area contributed by atoms with Crippen molar-refractivity contribution in [1.82, 2.24) is 0 Å². The van der Waals surface area contributed by atoms with Gasteiger partial charge in [0.05, 0.1) is 24.3 Å². The maximum atomic E-state index is 12.0. The molecule has 10 heteroatoms. The summed E-state index contributed by atoms with van der Waals surface area (Å²) in [7, 11) is 1.15. The Morgan fingerprint density at radius 2 is 1.23 bits per heavy atom. The summed E-state index contributed by atoms with van der Waals surface area (Å²) in [6.45, 7) is 0.736. The first kappa shape index (κ1) is 24.8. The van der Waals surface area contributed by atoms with Crippen LogP contribution >= 0.6 is 0 Å². The van der Waals surface area contributed by atoms with Crippen LogP contribution in [-0.2, 0) is 28.5 Å². The van der Waals surface area contributed by atoms with Crippen molar-refractivity contribution in [3.63, 3.8) is 0 Å². The Morgan fingerprint density at radius 3 is 1.70 bits per heavy atom. The molecule has 2 unspecified atom stereocenters. The first-order valence-electron chi connectivity index (χ1n) is 9.00. The smallest absolute Gasteiger partial charge is 0.338 e. The predicted octanol–water partition coefficient (Wildman–Crippen LogP) is 0.404. The van der Waals surface area contributed by atoms with Gasteiger partial charge in [0.15, 0.2) is 0 Å². The van der Waals surface area contributed by atoms with E-state index in [0.717, 1.165) is 19.3 Å². The van der Waals surface area contributed by atoms with E-state index in [9.17, 15) is 29.4 Å². The summed E-state index contributed by atoms with van der Waals surface area (Å²) in [6.07, 6.45) is 0.134. The van der Waals surface area contributed by atoms with Gasteiger partial charge in [-0.05, 0) is 30.7 Å². The van der Waals surface area contributed by atoms with Crippen LogP contribution in [0.15, 0.2) is 36.4 Å². The molecular formula is C20H24O10. The lowest BCUT2D eigenvalue weighted by atomic mass is 10.1. The highest BCUT2D eigenvalue weighted by Crippen LogP contribution is 2.08. The van der Waals surface area contributed by atoms with Crippen molar-refractivity contribution in [1.29, 1.82) is 0 Å². The number of aliphatic hydroxyl groups is 2. The van der Waals surface area contributed by atoms with E-state index in [0.29, 0.717) is 6.42 Å². The highest BCUT2D eigenvalue weighted by molar-refractivity contribution is 5.93. The number of aliphatic hydroxyl groups excluding tert-OH is 2. The fourth-order valence-corrected chi connectivity index (χ4v) is 1.85. The Morgan fingerprint density at radius 1 is 0.800 bits per heavy atom. The van der Waals surface area contributed by atoms with Crippen molar-refractivity contribution >= 4 is 23.9 Å². The molecule has 1 aromatic carbocycles. The molecule has 0 radical (unpaired) electrons. The zero-order chi connectivity index (χ0) is 22.5. The summed E-state index contributed by atoms with van der Waals surface area (Å²) < 4.78 is 18.8. The summed E-state index contributed by atoms with van der Waals surface area (Å²) in [5, 5.41) is 19.1. The summed E-state index contributed by atoms with van der Waals surface area (Å²) in [4.78, 5) is 46.0. The normalized spacial score (nSPS) is 12.7. The Hall–Kier alpha value is -3.24. The third-order valence-electron chi connectivity index (χ3n) is 3.62. The molecule has 10 nitrogen and oxygen atoms in total. The second kappa shape index (κ2) is 13.1. The van der Waals surface area contributed by atoms with Crippen LogP contribution in [0.2, 0.25) is 0 Å². The van der Waals surface area contributed by atoms with Gasteiger partial charge >= 0.3 is 23.9 Å². The van der Waals surface area contributed by atoms with Crippen LogP contribution in [0.25, 0.3) is 0 Å². The largest absolute Gasteiger partial charge is 0.466 e. The molecule has 0 bridgehead atoms. The maximum absolute atomic E-state index is 12.0. The van der Waals surface area contributed by atoms with Crippen LogP contribution in [0.4, 0.5) is 0 Å². The van der Waals surface area contributed by atoms with Gasteiger partial charge < -0.3 is 29.2 Å². The van der Waals surface area contributed by atoms with E-state index >= 15 is 0 Å². The molecule has 0 amide bonds. The first-order valence-corrected chi connectivity index (χ1v) is 9.00. The predicted molar refractivity (Wildman–Crippen MR) is 101 cm³/mol. The minimum Gasteiger partial charge on any atom is -0.466 e. The standard InChI is InChI=1S/C20H24O10/c1-3-15(21)10-29-19(25)13-4-6-14(7-5-13)20(26)30-12-16(22)11-28-18(24)9-8-17(23)27-2/h4-9,15-16,21-22H,3,10-12H2,1-2H3. The van der Waals surface area contributed by atoms with Gasteiger partial charge in [-0.15, -0.1) is 0 Å². The van der Waals surface area contributed by atoms with Gasteiger partial charge in [-0.3, -0.25) is 0 Å². The molecule has 0 spiro atoms. The number of rotatable bonds is 11. The molecule has 0 heterocycles. The van der Waals surface area contributed by atoms with Crippen LogP contribution in [0.1, 0.15) is 34.1 Å². The summed E-state index contributed by atoms with van der Waals surface area (Å²) >= 11 is 0. The molecule has 0 aromatic heterocycles. The number of carbonyl (C=O) groups is 4. The lowest BCUT2D eigenvalue weighted by Crippen LogP contribution is -2.25. The van der Waals surface area contributed by atoms with Crippen molar-refractivity contribution in [2.45, 2.75) is 25.6 Å². The molecule has 0 aliphatic rings. The van der Waals surface area contributed by atoms with Gasteiger partial charge in [-0.25, -0.2) is 19.2 Å². The number of carbonyl (C=O) groups excluding carboxylic acids is 4. The second-order valence-corrected chi connectivity index (χ2v) is 5.98. The lowest BCUT2D eigenvalue weighted by Gasteiger charge is -2.11. The minimum atomic E-state index is -1.27. The van der Waals surface area contributed by atoms with Crippen LogP contribution in [0.3, 0.4) is 0 Å². The highest BCUT2D eigenvalue weighted by Gasteiger charge is 2.15. The van der Waals surface area contributed by atoms with Crippen molar-refractivity contribution in [2.75, 3.05) is 26.9 Å². The third kappa shape index (κ3) is 9.30. The van der Waals surface area contributed by atoms with Crippen LogP contribution in [0.5, 0.6) is 0 Å². The second-order valence-electron chi connectivity index (χ2n) is 5.98. The SMILES string of the molecule is CCC(O)COC(=O)c1ccc(C(=O)OCC(O)COC(=O)C=CC(=O)OC)cc1. The molecule has 2 atom stereocenters. The molecular weight excluding hydrogens is 400 g/mol. The molecule has 0 saturated heterocycles. The van der Waals surface area contributed by atoms with Crippen molar-refractivity contribution in [2.24, 2.45) is 0 Å². The molecule has 30 heavy (non-hydrogen) atoms. The van der Waals surface area contributed by atoms with E-state index in [-0.39, 0.29) is 17.7 Å². The maximum Gasteiger partial charge on any atom is 0.338 e. The zero-order valence-electron chi connectivity index (χ0n) is 16.6. The molecule has 0 aliphatic heterocycles. The zero-order valence-corrected chi connectivity index (χ0v) is 16.6. The number of methoxy groups -OCH3 is 1. The van der Waals surface area contributed by atoms with Gasteiger partial charge in [-0.2, -0.15) is 0 Å². The fourth-order valence-electron chi connectivity index (χ4n) is 1.85. The highest BCUT2D eigenvalue weighted by atomic mass is 16.6. The van der Waals surface area contributed by atoms with Gasteiger partial charge in [0.2, 0.25) is 0 Å². The summed E-state index contributed by atoms with van der Waals surface area (Å²) in [5.74, 6) is -3.01. The Balaban J connectivity index is 2.42. The topological polar surface area (TPSA) is 146 Å². The van der Waals surface area contributed by atoms with Crippen molar-refractivity contribution in [3.8, 4) is 0 Å². The van der Waals surface area contributed by atoms with E-state index < -0.39 is 49.3 Å². The lowest BCUT2D eigenvalue weighted by molar-refractivity contribution is -0.142. The average Bonchev–Trinajstić information content (AvgIpc) is 2.77. The number of hydrogen-bond acceptors (Lipinski definition) is 10. The molecule has 2 N–H and O–H groups in total. The van der Waals surface area contributed by atoms with E-state index in [1.165, 1.54) is 24.3 Å². The van der Waals surface area contributed by atoms with E-state index in [4.69, 9.17) is 9.47 Å².